The average molecular weight is 681 g/mol. The van der Waals surface area contributed by atoms with E-state index >= 15 is 0 Å². The van der Waals surface area contributed by atoms with Crippen molar-refractivity contribution in [3.63, 3.8) is 0 Å². The van der Waals surface area contributed by atoms with Crippen molar-refractivity contribution in [2.45, 2.75) is 51.9 Å². The summed E-state index contributed by atoms with van der Waals surface area (Å²) < 4.78 is 0. The van der Waals surface area contributed by atoms with E-state index < -0.39 is 7.92 Å². The molecule has 2 saturated carbocycles. The molecule has 0 aliphatic heterocycles. The Hall–Kier alpha value is -0.977. The largest absolute Gasteiger partial charge is 3.00 e. The van der Waals surface area contributed by atoms with E-state index in [1.807, 2.05) is 6.07 Å². The molecule has 5 rings (SSSR count). The zero-order valence-electron chi connectivity index (χ0n) is 25.3. The first-order valence-corrected chi connectivity index (χ1v) is 16.3. The molecule has 1 nitrogen and oxygen atoms in total. The van der Waals surface area contributed by atoms with Gasteiger partial charge >= 0.3 is 16.5 Å². The monoisotopic (exact) mass is 680 g/mol. The Morgan fingerprint density at radius 1 is 0.674 bits per heavy atom. The molecule has 2 fully saturated rings. The maximum absolute atomic E-state index is 8.27. The number of rotatable bonds is 5. The Labute approximate surface area is 287 Å². The molecule has 5 heteroatoms. The Kier molecular flexibility index (Phi) is 18.8. The Balaban J connectivity index is 0.000000507. The van der Waals surface area contributed by atoms with Crippen LogP contribution in [0.15, 0.2) is 84.9 Å². The SMILES string of the molecule is CC(C)(C)P(C[C]1[C][C][C][C]1P(c1ccccc1)c1ccccc1)C(C)(C)C.N#Cc1cc[c-]cc1.[C]1[C][C][C][C]1.[Fe].[Ni+3]. The van der Waals surface area contributed by atoms with Gasteiger partial charge in [0.25, 0.3) is 0 Å². The molecule has 217 valence electrons. The van der Waals surface area contributed by atoms with Gasteiger partial charge in [0.2, 0.25) is 0 Å². The molecule has 43 heavy (non-hydrogen) atoms. The van der Waals surface area contributed by atoms with Crippen LogP contribution in [0.2, 0.25) is 0 Å². The molecule has 0 amide bonds. The quantitative estimate of drug-likeness (QED) is 0.151. The zero-order chi connectivity index (χ0) is 29.7. The van der Waals surface area contributed by atoms with Gasteiger partial charge in [-0.25, -0.2) is 0 Å². The average Bonchev–Trinajstić information content (AvgIpc) is 3.69. The minimum absolute atomic E-state index is 0. The van der Waals surface area contributed by atoms with Crippen LogP contribution in [0.1, 0.15) is 47.1 Å². The second kappa shape index (κ2) is 20.2. The molecule has 2 aliphatic rings. The summed E-state index contributed by atoms with van der Waals surface area (Å²) in [4.78, 5) is 0. The fourth-order valence-electron chi connectivity index (χ4n) is 4.42. The van der Waals surface area contributed by atoms with E-state index in [0.29, 0.717) is 5.56 Å². The molecule has 0 saturated heterocycles. The van der Waals surface area contributed by atoms with E-state index in [9.17, 15) is 0 Å². The normalized spacial score (nSPS) is 15.3. The topological polar surface area (TPSA) is 23.8 Å². The van der Waals surface area contributed by atoms with Crippen molar-refractivity contribution in [3.05, 3.63) is 160 Å². The number of hydrogen-bond donors (Lipinski definition) is 0. The Morgan fingerprint density at radius 2 is 1.12 bits per heavy atom. The van der Waals surface area contributed by atoms with Crippen molar-refractivity contribution in [2.75, 3.05) is 6.16 Å². The molecule has 0 unspecified atom stereocenters. The van der Waals surface area contributed by atoms with Crippen molar-refractivity contribution >= 4 is 26.5 Å². The van der Waals surface area contributed by atoms with Crippen molar-refractivity contribution in [1.82, 2.24) is 0 Å². The molecule has 0 N–H and O–H groups in total. The molecule has 3 aromatic rings. The van der Waals surface area contributed by atoms with E-state index in [0.717, 1.165) is 6.16 Å². The van der Waals surface area contributed by atoms with Crippen LogP contribution in [0, 0.1) is 80.3 Å². The van der Waals surface area contributed by atoms with Crippen molar-refractivity contribution in [1.29, 1.82) is 5.26 Å². The van der Waals surface area contributed by atoms with E-state index in [1.165, 1.54) is 22.2 Å². The predicted octanol–water partition coefficient (Wildman–Crippen LogP) is 8.32. The summed E-state index contributed by atoms with van der Waals surface area (Å²) >= 11 is 0. The molecule has 19 radical (unpaired) electrons. The molecule has 0 atom stereocenters. The van der Waals surface area contributed by atoms with Crippen LogP contribution < -0.4 is 10.6 Å². The zero-order valence-corrected chi connectivity index (χ0v) is 29.2. The molecule has 0 bridgehead atoms. The fraction of sp³-hybridized carbons (Fsp3) is 0.237. The number of benzene rings is 3. The number of hydrogen-bond acceptors (Lipinski definition) is 1. The second-order valence-electron chi connectivity index (χ2n) is 11.2. The Bertz CT molecular complexity index is 1100. The summed E-state index contributed by atoms with van der Waals surface area (Å²) in [6.07, 6.45) is 23.7. The standard InChI is InChI=1S/C26H30P2.C7H4N.C5.Fe.Ni/c1-25(2,3)27(26(4,5)6)20-21-14-13-19-24(21)28(22-15-9-7-10-16-22)23-17-11-8-12-18-23;8-6-7-4-2-1-3-5-7;1-2-4-5-3-1;;/h7-12,15-18H,20H2,1-6H3;2-5H;;;/q;-1;;;+3. The molecular formula is C38H34FeNNiP2+2. The summed E-state index contributed by atoms with van der Waals surface area (Å²) in [7, 11) is -0.873. The summed E-state index contributed by atoms with van der Waals surface area (Å²) in [5.41, 5.74) is 1.98. The predicted molar refractivity (Wildman–Crippen MR) is 173 cm³/mol. The van der Waals surface area contributed by atoms with Gasteiger partial charge in [-0.05, 0) is 35.0 Å². The third-order valence-electron chi connectivity index (χ3n) is 6.03. The van der Waals surface area contributed by atoms with Crippen LogP contribution in [0.3, 0.4) is 0 Å². The van der Waals surface area contributed by atoms with Gasteiger partial charge in [0, 0.05) is 80.0 Å². The summed E-state index contributed by atoms with van der Waals surface area (Å²) in [5.74, 6) is 1.31. The van der Waals surface area contributed by atoms with Crippen LogP contribution in [-0.4, -0.2) is 16.5 Å². The second-order valence-corrected chi connectivity index (χ2v) is 17.2. The first kappa shape index (κ1) is 40.0. The van der Waals surface area contributed by atoms with Crippen LogP contribution in [0.25, 0.3) is 0 Å². The number of nitrogens with zero attached hydrogens (tertiary/aromatic N) is 1. The third kappa shape index (κ3) is 13.5. The van der Waals surface area contributed by atoms with Crippen LogP contribution >= 0.6 is 15.8 Å². The molecule has 3 aromatic carbocycles. The van der Waals surface area contributed by atoms with E-state index in [1.54, 1.807) is 24.3 Å². The summed E-state index contributed by atoms with van der Waals surface area (Å²) in [5, 5.41) is 11.6. The minimum atomic E-state index is -0.640. The first-order chi connectivity index (χ1) is 19.6. The van der Waals surface area contributed by atoms with Gasteiger partial charge in [0.05, 0.1) is 6.07 Å². The summed E-state index contributed by atoms with van der Waals surface area (Å²) in [6, 6.07) is 33.4. The molecule has 0 aromatic heterocycles. The van der Waals surface area contributed by atoms with Crippen LogP contribution in [-0.2, 0) is 33.6 Å². The van der Waals surface area contributed by atoms with Crippen molar-refractivity contribution in [3.8, 4) is 6.07 Å². The van der Waals surface area contributed by atoms with Gasteiger partial charge < -0.3 is 0 Å². The maximum Gasteiger partial charge on any atom is 3.00 e. The first-order valence-electron chi connectivity index (χ1n) is 13.4. The van der Waals surface area contributed by atoms with E-state index in [4.69, 9.17) is 5.26 Å². The van der Waals surface area contributed by atoms with Gasteiger partial charge in [0.1, 0.15) is 0 Å². The van der Waals surface area contributed by atoms with Gasteiger partial charge in [0.15, 0.2) is 0 Å². The van der Waals surface area contributed by atoms with E-state index in [-0.39, 0.29) is 51.8 Å². The molecular weight excluding hydrogens is 647 g/mol. The van der Waals surface area contributed by atoms with Gasteiger partial charge in [-0.1, -0.05) is 116 Å². The summed E-state index contributed by atoms with van der Waals surface area (Å²) in [6.45, 7) is 14.3. The minimum Gasteiger partial charge on any atom is -0.195 e. The molecule has 0 heterocycles. The molecule has 0 spiro atoms. The van der Waals surface area contributed by atoms with E-state index in [2.05, 4.69) is 160 Å². The smallest absolute Gasteiger partial charge is 0.195 e. The van der Waals surface area contributed by atoms with Gasteiger partial charge in [-0.2, -0.15) is 35.6 Å². The van der Waals surface area contributed by atoms with Crippen LogP contribution in [0.4, 0.5) is 0 Å². The Morgan fingerprint density at radius 3 is 1.49 bits per heavy atom. The third-order valence-corrected chi connectivity index (χ3v) is 12.4. The van der Waals surface area contributed by atoms with Gasteiger partial charge in [-0.3, -0.25) is 0 Å². The van der Waals surface area contributed by atoms with Crippen LogP contribution in [0.5, 0.6) is 0 Å². The molecule has 2 aliphatic carbocycles. The fourth-order valence-corrected chi connectivity index (χ4v) is 10.4. The van der Waals surface area contributed by atoms with Crippen molar-refractivity contribution < 1.29 is 33.6 Å². The van der Waals surface area contributed by atoms with Gasteiger partial charge in [-0.15, -0.1) is 0 Å². The number of nitriles is 1. The van der Waals surface area contributed by atoms with Crippen molar-refractivity contribution in [2.24, 2.45) is 0 Å². The maximum atomic E-state index is 8.27.